The average Bonchev–Trinajstić information content (AvgIpc) is 3.13. The number of halogens is 1. The first-order valence-corrected chi connectivity index (χ1v) is 11.7. The number of sulfonamides is 1. The van der Waals surface area contributed by atoms with Crippen LogP contribution in [0.3, 0.4) is 0 Å². The number of hydrogen-bond donors (Lipinski definition) is 0. The van der Waals surface area contributed by atoms with Gasteiger partial charge in [-0.05, 0) is 37.3 Å². The van der Waals surface area contributed by atoms with Crippen LogP contribution in [0.15, 0.2) is 53.4 Å². The minimum Gasteiger partial charge on any atom is -0.455 e. The van der Waals surface area contributed by atoms with Gasteiger partial charge in [0.2, 0.25) is 10.0 Å². The molecule has 10 heteroatoms. The summed E-state index contributed by atoms with van der Waals surface area (Å²) >= 11 is 0. The Morgan fingerprint density at radius 3 is 2.45 bits per heavy atom. The number of aryl methyl sites for hydroxylation is 1. The van der Waals surface area contributed by atoms with Crippen molar-refractivity contribution in [3.63, 3.8) is 0 Å². The van der Waals surface area contributed by atoms with Crippen LogP contribution in [0.1, 0.15) is 41.2 Å². The largest absolute Gasteiger partial charge is 0.455 e. The Bertz CT molecular complexity index is 1310. The van der Waals surface area contributed by atoms with Crippen molar-refractivity contribution in [2.45, 2.75) is 32.3 Å². The van der Waals surface area contributed by atoms with E-state index < -0.39 is 27.4 Å². The number of hydrogen-bond acceptors (Lipinski definition) is 6. The molecule has 0 aliphatic heterocycles. The van der Waals surface area contributed by atoms with Crippen LogP contribution in [0.25, 0.3) is 5.69 Å². The van der Waals surface area contributed by atoms with Gasteiger partial charge in [0, 0.05) is 13.1 Å². The summed E-state index contributed by atoms with van der Waals surface area (Å²) in [5.41, 5.74) is 1.16. The van der Waals surface area contributed by atoms with Gasteiger partial charge in [-0.1, -0.05) is 32.0 Å². The van der Waals surface area contributed by atoms with Crippen LogP contribution >= 0.6 is 0 Å². The molecule has 0 saturated carbocycles. The number of nitriles is 1. The van der Waals surface area contributed by atoms with E-state index in [1.165, 1.54) is 8.99 Å². The number of carbonyl (C=O) groups excluding carboxylic acids is 1. The van der Waals surface area contributed by atoms with Crippen molar-refractivity contribution in [1.29, 1.82) is 5.26 Å². The van der Waals surface area contributed by atoms with Crippen LogP contribution in [-0.4, -0.2) is 41.6 Å². The van der Waals surface area contributed by atoms with Gasteiger partial charge >= 0.3 is 5.97 Å². The molecule has 0 radical (unpaired) electrons. The number of rotatable bonds is 8. The number of ether oxygens (including phenoxy) is 1. The van der Waals surface area contributed by atoms with E-state index in [9.17, 15) is 22.9 Å². The van der Waals surface area contributed by atoms with Crippen LogP contribution in [-0.2, 0) is 21.4 Å². The van der Waals surface area contributed by atoms with Crippen LogP contribution in [0.2, 0.25) is 0 Å². The van der Waals surface area contributed by atoms with E-state index in [1.54, 1.807) is 45.0 Å². The summed E-state index contributed by atoms with van der Waals surface area (Å²) in [6.07, 6.45) is 0. The Kier molecular flexibility index (Phi) is 7.26. The number of para-hydroxylation sites is 1. The molecular weight excluding hydrogens is 447 g/mol. The summed E-state index contributed by atoms with van der Waals surface area (Å²) in [5, 5.41) is 13.9. The molecule has 0 atom stereocenters. The highest BCUT2D eigenvalue weighted by Gasteiger charge is 2.25. The number of nitrogens with zero attached hydrogens (tertiary/aromatic N) is 4. The molecular formula is C23H23FN4O4S. The third-order valence-electron chi connectivity index (χ3n) is 5.11. The molecule has 0 aliphatic rings. The van der Waals surface area contributed by atoms with Crippen molar-refractivity contribution in [1.82, 2.24) is 14.1 Å². The molecule has 3 aromatic rings. The first kappa shape index (κ1) is 24.1. The van der Waals surface area contributed by atoms with E-state index in [2.05, 4.69) is 5.10 Å². The third-order valence-corrected chi connectivity index (χ3v) is 7.16. The molecule has 2 aromatic carbocycles. The molecule has 1 aromatic heterocycles. The second-order valence-corrected chi connectivity index (χ2v) is 9.01. The smallest absolute Gasteiger partial charge is 0.341 e. The summed E-state index contributed by atoms with van der Waals surface area (Å²) in [6, 6.07) is 14.0. The van der Waals surface area contributed by atoms with Crippen molar-refractivity contribution in [3.8, 4) is 11.8 Å². The van der Waals surface area contributed by atoms with Crippen LogP contribution in [0.4, 0.5) is 4.39 Å². The maximum atomic E-state index is 14.4. The lowest BCUT2D eigenvalue weighted by atomic mass is 10.2. The summed E-state index contributed by atoms with van der Waals surface area (Å²) in [7, 11) is -3.89. The fourth-order valence-electron chi connectivity index (χ4n) is 3.38. The first-order chi connectivity index (χ1) is 15.7. The van der Waals surface area contributed by atoms with Gasteiger partial charge in [0.25, 0.3) is 0 Å². The predicted octanol–water partition coefficient (Wildman–Crippen LogP) is 3.58. The fraction of sp³-hybridized carbons (Fsp3) is 0.261. The van der Waals surface area contributed by atoms with Gasteiger partial charge in [-0.2, -0.15) is 14.7 Å². The highest BCUT2D eigenvalue weighted by molar-refractivity contribution is 7.89. The molecule has 0 amide bonds. The molecule has 0 spiro atoms. The summed E-state index contributed by atoms with van der Waals surface area (Å²) in [6.45, 7) is 5.13. The lowest BCUT2D eigenvalue weighted by molar-refractivity contribution is 0.0459. The zero-order valence-electron chi connectivity index (χ0n) is 18.4. The Balaban J connectivity index is 1.92. The van der Waals surface area contributed by atoms with E-state index in [1.807, 2.05) is 12.1 Å². The molecule has 33 heavy (non-hydrogen) atoms. The van der Waals surface area contributed by atoms with Crippen molar-refractivity contribution < 1.29 is 22.3 Å². The van der Waals surface area contributed by atoms with E-state index in [0.29, 0.717) is 17.1 Å². The number of benzene rings is 2. The lowest BCUT2D eigenvalue weighted by Crippen LogP contribution is -2.30. The average molecular weight is 471 g/mol. The molecule has 0 bridgehead atoms. The van der Waals surface area contributed by atoms with Crippen molar-refractivity contribution in [3.05, 3.63) is 76.9 Å². The Labute approximate surface area is 191 Å². The fourth-order valence-corrected chi connectivity index (χ4v) is 4.87. The summed E-state index contributed by atoms with van der Waals surface area (Å²) in [5.74, 6) is -1.96. The van der Waals surface area contributed by atoms with Gasteiger partial charge in [0.1, 0.15) is 24.1 Å². The molecule has 0 fully saturated rings. The Morgan fingerprint density at radius 2 is 1.85 bits per heavy atom. The SMILES string of the molecule is CCN(CC)S(=O)(=O)c1ccc(F)c(C(=O)OCc2c(C#N)c(C)nn2-c2ccccc2)c1. The summed E-state index contributed by atoms with van der Waals surface area (Å²) in [4.78, 5) is 12.5. The van der Waals surface area contributed by atoms with Gasteiger partial charge in [0.05, 0.1) is 27.5 Å². The standard InChI is InChI=1S/C23H23FN4O4S/c1-4-27(5-2)33(30,31)18-11-12-21(24)19(13-18)23(29)32-15-22-20(14-25)16(3)26-28(22)17-9-7-6-8-10-17/h6-13H,4-5,15H2,1-3H3. The van der Waals surface area contributed by atoms with Gasteiger partial charge in [0.15, 0.2) is 0 Å². The number of carbonyl (C=O) groups is 1. The lowest BCUT2D eigenvalue weighted by Gasteiger charge is -2.18. The van der Waals surface area contributed by atoms with E-state index in [-0.39, 0.29) is 30.2 Å². The van der Waals surface area contributed by atoms with Crippen LogP contribution in [0, 0.1) is 24.1 Å². The molecule has 1 heterocycles. The topological polar surface area (TPSA) is 105 Å². The second kappa shape index (κ2) is 9.94. The maximum absolute atomic E-state index is 14.4. The van der Waals surface area contributed by atoms with Gasteiger partial charge in [-0.15, -0.1) is 0 Å². The Hall–Kier alpha value is -3.55. The van der Waals surface area contributed by atoms with Crippen LogP contribution in [0.5, 0.6) is 0 Å². The van der Waals surface area contributed by atoms with Crippen molar-refractivity contribution >= 4 is 16.0 Å². The molecule has 0 N–H and O–H groups in total. The van der Waals surface area contributed by atoms with Crippen LogP contribution < -0.4 is 0 Å². The van der Waals surface area contributed by atoms with E-state index in [4.69, 9.17) is 4.74 Å². The predicted molar refractivity (Wildman–Crippen MR) is 119 cm³/mol. The molecule has 0 unspecified atom stereocenters. The number of esters is 1. The zero-order valence-corrected chi connectivity index (χ0v) is 19.3. The molecule has 0 saturated heterocycles. The highest BCUT2D eigenvalue weighted by atomic mass is 32.2. The molecule has 3 rings (SSSR count). The van der Waals surface area contributed by atoms with Crippen molar-refractivity contribution in [2.24, 2.45) is 0 Å². The van der Waals surface area contributed by atoms with Gasteiger partial charge in [-0.3, -0.25) is 0 Å². The highest BCUT2D eigenvalue weighted by Crippen LogP contribution is 2.22. The normalized spacial score (nSPS) is 11.4. The van der Waals surface area contributed by atoms with Gasteiger partial charge < -0.3 is 4.74 Å². The number of aromatic nitrogens is 2. The Morgan fingerprint density at radius 1 is 1.18 bits per heavy atom. The second-order valence-electron chi connectivity index (χ2n) is 7.07. The molecule has 172 valence electrons. The molecule has 0 aliphatic carbocycles. The first-order valence-electron chi connectivity index (χ1n) is 10.2. The zero-order chi connectivity index (χ0) is 24.2. The van der Waals surface area contributed by atoms with E-state index >= 15 is 0 Å². The molecule has 8 nitrogen and oxygen atoms in total. The quantitative estimate of drug-likeness (QED) is 0.466. The van der Waals surface area contributed by atoms with Crippen molar-refractivity contribution in [2.75, 3.05) is 13.1 Å². The monoisotopic (exact) mass is 470 g/mol. The van der Waals surface area contributed by atoms with Gasteiger partial charge in [-0.25, -0.2) is 22.3 Å². The third kappa shape index (κ3) is 4.79. The maximum Gasteiger partial charge on any atom is 0.341 e. The minimum absolute atomic E-state index is 0.206. The minimum atomic E-state index is -3.89. The van der Waals surface area contributed by atoms with E-state index in [0.717, 1.165) is 18.2 Å². The summed E-state index contributed by atoms with van der Waals surface area (Å²) < 4.78 is 47.9.